The average molecular weight is 193 g/mol. The van der Waals surface area contributed by atoms with Crippen molar-refractivity contribution in [2.45, 2.75) is 11.5 Å². The lowest BCUT2D eigenvalue weighted by atomic mass is 10.1. The summed E-state index contributed by atoms with van der Waals surface area (Å²) < 4.78 is 0. The highest BCUT2D eigenvalue weighted by Gasteiger charge is 2.23. The number of carbonyl (C=O) groups excluding carboxylic acids is 1. The Balaban J connectivity index is 2.92. The molecule has 1 aliphatic carbocycles. The Morgan fingerprint density at radius 2 is 2.27 bits per heavy atom. The topological polar surface area (TPSA) is 37.3 Å². The summed E-state index contributed by atoms with van der Waals surface area (Å²) in [5.41, 5.74) is 0.398. The molecule has 0 saturated carbocycles. The minimum atomic E-state index is -1.59. The smallest absolute Gasteiger partial charge is 0.178 e. The molecule has 0 aliphatic heterocycles. The lowest BCUT2D eigenvalue weighted by molar-refractivity contribution is -0.105. The average Bonchev–Trinajstić information content (AvgIpc) is 1.83. The van der Waals surface area contributed by atoms with Gasteiger partial charge in [0.05, 0.1) is 0 Å². The van der Waals surface area contributed by atoms with E-state index in [9.17, 15) is 9.90 Å². The van der Waals surface area contributed by atoms with Crippen molar-refractivity contribution in [2.24, 2.45) is 0 Å². The van der Waals surface area contributed by atoms with Gasteiger partial charge < -0.3 is 5.11 Å². The number of carbonyl (C=O) groups is 1. The molecule has 0 radical (unpaired) electrons. The first-order chi connectivity index (χ1) is 5.03. The van der Waals surface area contributed by atoms with E-state index in [1.165, 1.54) is 12.2 Å². The van der Waals surface area contributed by atoms with Gasteiger partial charge in [0, 0.05) is 11.5 Å². The molecule has 2 nitrogen and oxygen atoms in total. The Kier molecular flexibility index (Phi) is 2.37. The molecule has 4 heteroatoms. The quantitative estimate of drug-likeness (QED) is 0.506. The molecular formula is C7H6Cl2O2. The van der Waals surface area contributed by atoms with Gasteiger partial charge in [0.15, 0.2) is 5.06 Å². The van der Waals surface area contributed by atoms with E-state index in [4.69, 9.17) is 23.2 Å². The summed E-state index contributed by atoms with van der Waals surface area (Å²) in [6, 6.07) is 0. The monoisotopic (exact) mass is 192 g/mol. The summed E-state index contributed by atoms with van der Waals surface area (Å²) in [4.78, 5) is 10.3. The molecule has 0 fully saturated rings. The molecule has 0 bridgehead atoms. The second kappa shape index (κ2) is 2.97. The van der Waals surface area contributed by atoms with Gasteiger partial charge in [-0.2, -0.15) is 0 Å². The van der Waals surface area contributed by atoms with E-state index in [2.05, 4.69) is 0 Å². The van der Waals surface area contributed by atoms with Crippen LogP contribution >= 0.6 is 23.2 Å². The highest BCUT2D eigenvalue weighted by Crippen LogP contribution is 2.29. The highest BCUT2D eigenvalue weighted by atomic mass is 35.5. The van der Waals surface area contributed by atoms with Gasteiger partial charge in [-0.1, -0.05) is 23.2 Å². The number of rotatable bonds is 1. The molecule has 11 heavy (non-hydrogen) atoms. The SMILES string of the molecule is O=CC1=CC(O)(Cl)C=C(Cl)C1. The largest absolute Gasteiger partial charge is 0.368 e. The Bertz CT molecular complexity index is 241. The number of aliphatic hydroxyl groups is 1. The Labute approximate surface area is 74.1 Å². The van der Waals surface area contributed by atoms with E-state index in [1.807, 2.05) is 0 Å². The first kappa shape index (κ1) is 8.78. The van der Waals surface area contributed by atoms with Crippen molar-refractivity contribution in [3.05, 3.63) is 22.8 Å². The van der Waals surface area contributed by atoms with Gasteiger partial charge >= 0.3 is 0 Å². The van der Waals surface area contributed by atoms with Crippen molar-refractivity contribution in [1.29, 1.82) is 0 Å². The normalized spacial score (nSPS) is 30.8. The summed E-state index contributed by atoms with van der Waals surface area (Å²) in [5, 5.41) is 8.01. The second-order valence-electron chi connectivity index (χ2n) is 2.33. The van der Waals surface area contributed by atoms with Crippen LogP contribution in [0.2, 0.25) is 0 Å². The highest BCUT2D eigenvalue weighted by molar-refractivity contribution is 6.32. The number of halogens is 2. The van der Waals surface area contributed by atoms with Gasteiger partial charge in [-0.15, -0.1) is 0 Å². The molecule has 0 spiro atoms. The number of hydrogen-bond donors (Lipinski definition) is 1. The van der Waals surface area contributed by atoms with Crippen LogP contribution in [-0.2, 0) is 4.79 Å². The molecular weight excluding hydrogens is 187 g/mol. The van der Waals surface area contributed by atoms with Crippen LogP contribution < -0.4 is 0 Å². The summed E-state index contributed by atoms with van der Waals surface area (Å²) in [5.74, 6) is 0. The van der Waals surface area contributed by atoms with E-state index in [0.29, 0.717) is 23.3 Å². The van der Waals surface area contributed by atoms with Crippen molar-refractivity contribution in [3.63, 3.8) is 0 Å². The van der Waals surface area contributed by atoms with Crippen LogP contribution in [0.3, 0.4) is 0 Å². The fourth-order valence-corrected chi connectivity index (χ4v) is 1.54. The maximum Gasteiger partial charge on any atom is 0.178 e. The zero-order valence-corrected chi connectivity index (χ0v) is 7.06. The van der Waals surface area contributed by atoms with E-state index in [0.717, 1.165) is 0 Å². The van der Waals surface area contributed by atoms with E-state index >= 15 is 0 Å². The lowest BCUT2D eigenvalue weighted by Crippen LogP contribution is -2.18. The zero-order valence-electron chi connectivity index (χ0n) is 5.55. The van der Waals surface area contributed by atoms with Gasteiger partial charge in [0.2, 0.25) is 0 Å². The Morgan fingerprint density at radius 3 is 2.73 bits per heavy atom. The standard InChI is InChI=1S/C7H6Cl2O2/c8-6-1-5(4-10)2-7(9,11)3-6/h2-4,11H,1H2. The van der Waals surface area contributed by atoms with E-state index in [-0.39, 0.29) is 0 Å². The molecule has 0 aromatic carbocycles. The van der Waals surface area contributed by atoms with Crippen LogP contribution in [0.25, 0.3) is 0 Å². The molecule has 0 aromatic rings. The van der Waals surface area contributed by atoms with Crippen molar-refractivity contribution in [3.8, 4) is 0 Å². The summed E-state index contributed by atoms with van der Waals surface area (Å²) in [6.45, 7) is 0. The Morgan fingerprint density at radius 1 is 1.64 bits per heavy atom. The van der Waals surface area contributed by atoms with Crippen LogP contribution in [0.1, 0.15) is 6.42 Å². The third kappa shape index (κ3) is 2.33. The van der Waals surface area contributed by atoms with Crippen LogP contribution in [-0.4, -0.2) is 16.5 Å². The third-order valence-electron chi connectivity index (χ3n) is 1.27. The van der Waals surface area contributed by atoms with Crippen molar-refractivity contribution in [1.82, 2.24) is 0 Å². The molecule has 0 saturated heterocycles. The molecule has 1 atom stereocenters. The fourth-order valence-electron chi connectivity index (χ4n) is 0.894. The summed E-state index contributed by atoms with van der Waals surface area (Å²) >= 11 is 11.1. The fraction of sp³-hybridized carbons (Fsp3) is 0.286. The first-order valence-corrected chi connectivity index (χ1v) is 3.74. The van der Waals surface area contributed by atoms with Crippen LogP contribution in [0.15, 0.2) is 22.8 Å². The number of aldehydes is 1. The molecule has 1 unspecified atom stereocenters. The Hall–Kier alpha value is -0.310. The molecule has 1 rings (SSSR count). The van der Waals surface area contributed by atoms with E-state index in [1.54, 1.807) is 0 Å². The molecule has 1 aliphatic rings. The maximum atomic E-state index is 10.3. The van der Waals surface area contributed by atoms with Gasteiger partial charge in [-0.25, -0.2) is 0 Å². The number of allylic oxidation sites excluding steroid dienone is 2. The van der Waals surface area contributed by atoms with E-state index < -0.39 is 5.06 Å². The summed E-state index contributed by atoms with van der Waals surface area (Å²) in [6.07, 6.45) is 3.54. The molecule has 0 amide bonds. The first-order valence-electron chi connectivity index (χ1n) is 2.99. The van der Waals surface area contributed by atoms with Crippen molar-refractivity contribution >= 4 is 29.5 Å². The predicted octanol–water partition coefficient (Wildman–Crippen LogP) is 1.57. The molecule has 0 heterocycles. The third-order valence-corrected chi connectivity index (χ3v) is 1.73. The number of alkyl halides is 1. The minimum absolute atomic E-state index is 0.347. The predicted molar refractivity (Wildman–Crippen MR) is 43.5 cm³/mol. The number of hydrogen-bond acceptors (Lipinski definition) is 2. The van der Waals surface area contributed by atoms with Gasteiger partial charge in [0.25, 0.3) is 0 Å². The molecule has 1 N–H and O–H groups in total. The van der Waals surface area contributed by atoms with Crippen molar-refractivity contribution < 1.29 is 9.90 Å². The zero-order chi connectivity index (χ0) is 8.48. The summed E-state index contributed by atoms with van der Waals surface area (Å²) in [7, 11) is 0. The van der Waals surface area contributed by atoms with Crippen molar-refractivity contribution in [2.75, 3.05) is 0 Å². The lowest BCUT2D eigenvalue weighted by Gasteiger charge is -2.17. The van der Waals surface area contributed by atoms with Crippen LogP contribution in [0, 0.1) is 0 Å². The van der Waals surface area contributed by atoms with Gasteiger partial charge in [-0.05, 0) is 17.7 Å². The minimum Gasteiger partial charge on any atom is -0.368 e. The second-order valence-corrected chi connectivity index (χ2v) is 3.42. The van der Waals surface area contributed by atoms with Gasteiger partial charge in [0.1, 0.15) is 6.29 Å². The van der Waals surface area contributed by atoms with Crippen LogP contribution in [0.5, 0.6) is 0 Å². The van der Waals surface area contributed by atoms with Gasteiger partial charge in [-0.3, -0.25) is 4.79 Å². The van der Waals surface area contributed by atoms with Crippen LogP contribution in [0.4, 0.5) is 0 Å². The molecule has 60 valence electrons. The molecule has 0 aromatic heterocycles. The maximum absolute atomic E-state index is 10.3.